The standard InChI is InChI=1S/C13H13ClO2S/c1-15-9-5-3-6-10(16-2)12(9)13(14)11-7-4-8-17-11/h3-8,13H,1-2H3. The van der Waals surface area contributed by atoms with Gasteiger partial charge in [0.05, 0.1) is 25.2 Å². The van der Waals surface area contributed by atoms with E-state index in [1.807, 2.05) is 35.7 Å². The fourth-order valence-corrected chi connectivity index (χ4v) is 2.86. The van der Waals surface area contributed by atoms with Crippen LogP contribution in [0.1, 0.15) is 15.8 Å². The Morgan fingerprint density at radius 1 is 1.06 bits per heavy atom. The number of ether oxygens (including phenoxy) is 2. The molecule has 1 atom stereocenters. The smallest absolute Gasteiger partial charge is 0.127 e. The van der Waals surface area contributed by atoms with Crippen molar-refractivity contribution in [2.24, 2.45) is 0 Å². The van der Waals surface area contributed by atoms with Gasteiger partial charge in [0.2, 0.25) is 0 Å². The number of methoxy groups -OCH3 is 2. The fraction of sp³-hybridized carbons (Fsp3) is 0.231. The summed E-state index contributed by atoms with van der Waals surface area (Å²) in [4.78, 5) is 1.08. The molecule has 1 heterocycles. The predicted octanol–water partition coefficient (Wildman–Crippen LogP) is 4.09. The van der Waals surface area contributed by atoms with Crippen LogP contribution in [0.25, 0.3) is 0 Å². The van der Waals surface area contributed by atoms with Gasteiger partial charge in [-0.15, -0.1) is 22.9 Å². The minimum atomic E-state index is -0.249. The second kappa shape index (κ2) is 5.43. The lowest BCUT2D eigenvalue weighted by molar-refractivity contribution is 0.386. The van der Waals surface area contributed by atoms with Gasteiger partial charge in [0.15, 0.2) is 0 Å². The summed E-state index contributed by atoms with van der Waals surface area (Å²) in [7, 11) is 3.27. The third kappa shape index (κ3) is 2.40. The molecule has 0 saturated heterocycles. The number of benzene rings is 1. The zero-order valence-electron chi connectivity index (χ0n) is 9.64. The summed E-state index contributed by atoms with van der Waals surface area (Å²) in [6.45, 7) is 0. The Bertz CT molecular complexity index is 460. The van der Waals surface area contributed by atoms with E-state index < -0.39 is 0 Å². The molecule has 0 spiro atoms. The Morgan fingerprint density at radius 2 is 1.71 bits per heavy atom. The first-order valence-electron chi connectivity index (χ1n) is 5.16. The molecular formula is C13H13ClO2S. The quantitative estimate of drug-likeness (QED) is 0.778. The van der Waals surface area contributed by atoms with Crippen LogP contribution in [0.5, 0.6) is 11.5 Å². The van der Waals surface area contributed by atoms with Crippen LogP contribution in [0.15, 0.2) is 35.7 Å². The van der Waals surface area contributed by atoms with E-state index in [4.69, 9.17) is 21.1 Å². The first-order valence-corrected chi connectivity index (χ1v) is 6.48. The molecule has 0 saturated carbocycles. The molecule has 2 nitrogen and oxygen atoms in total. The zero-order valence-corrected chi connectivity index (χ0v) is 11.2. The van der Waals surface area contributed by atoms with Gasteiger partial charge in [-0.05, 0) is 23.6 Å². The van der Waals surface area contributed by atoms with Gasteiger partial charge in [-0.2, -0.15) is 0 Å². The highest BCUT2D eigenvalue weighted by Gasteiger charge is 2.21. The molecule has 0 radical (unpaired) electrons. The molecule has 1 unspecified atom stereocenters. The first kappa shape index (κ1) is 12.3. The van der Waals surface area contributed by atoms with Gasteiger partial charge >= 0.3 is 0 Å². The number of halogens is 1. The summed E-state index contributed by atoms with van der Waals surface area (Å²) in [6.07, 6.45) is 0. The summed E-state index contributed by atoms with van der Waals surface area (Å²) in [5.74, 6) is 1.50. The van der Waals surface area contributed by atoms with Crippen LogP contribution in [0.4, 0.5) is 0 Å². The second-order valence-corrected chi connectivity index (χ2v) is 4.87. The van der Waals surface area contributed by atoms with Gasteiger partial charge < -0.3 is 9.47 Å². The maximum Gasteiger partial charge on any atom is 0.127 e. The van der Waals surface area contributed by atoms with Gasteiger partial charge in [0.1, 0.15) is 11.5 Å². The van der Waals surface area contributed by atoms with Crippen LogP contribution < -0.4 is 9.47 Å². The number of thiophene rings is 1. The minimum Gasteiger partial charge on any atom is -0.496 e. The SMILES string of the molecule is COc1cccc(OC)c1C(Cl)c1cccs1. The third-order valence-electron chi connectivity index (χ3n) is 2.51. The van der Waals surface area contributed by atoms with Crippen LogP contribution in [-0.2, 0) is 0 Å². The Kier molecular flexibility index (Phi) is 3.92. The lowest BCUT2D eigenvalue weighted by Gasteiger charge is -2.16. The van der Waals surface area contributed by atoms with E-state index >= 15 is 0 Å². The lowest BCUT2D eigenvalue weighted by Crippen LogP contribution is -1.99. The molecule has 0 bridgehead atoms. The largest absolute Gasteiger partial charge is 0.496 e. The van der Waals surface area contributed by atoms with Crippen LogP contribution in [0, 0.1) is 0 Å². The summed E-state index contributed by atoms with van der Waals surface area (Å²) in [6, 6.07) is 9.66. The summed E-state index contributed by atoms with van der Waals surface area (Å²) >= 11 is 8.11. The van der Waals surface area contributed by atoms with Crippen LogP contribution >= 0.6 is 22.9 Å². The van der Waals surface area contributed by atoms with Crippen molar-refractivity contribution in [3.8, 4) is 11.5 Å². The lowest BCUT2D eigenvalue weighted by atomic mass is 10.1. The highest BCUT2D eigenvalue weighted by Crippen LogP contribution is 2.42. The van der Waals surface area contributed by atoms with Crippen LogP contribution in [0.3, 0.4) is 0 Å². The Labute approximate surface area is 110 Å². The van der Waals surface area contributed by atoms with Gasteiger partial charge in [-0.1, -0.05) is 12.1 Å². The van der Waals surface area contributed by atoms with Crippen LogP contribution in [-0.4, -0.2) is 14.2 Å². The summed E-state index contributed by atoms with van der Waals surface area (Å²) < 4.78 is 10.7. The molecule has 0 fully saturated rings. The molecule has 17 heavy (non-hydrogen) atoms. The van der Waals surface area contributed by atoms with E-state index in [1.54, 1.807) is 25.6 Å². The molecular weight excluding hydrogens is 256 g/mol. The highest BCUT2D eigenvalue weighted by molar-refractivity contribution is 7.10. The number of alkyl halides is 1. The molecule has 1 aromatic heterocycles. The molecule has 0 aliphatic carbocycles. The van der Waals surface area contributed by atoms with Crippen molar-refractivity contribution < 1.29 is 9.47 Å². The van der Waals surface area contributed by atoms with E-state index in [9.17, 15) is 0 Å². The summed E-state index contributed by atoms with van der Waals surface area (Å²) in [5, 5.41) is 1.76. The maximum atomic E-state index is 6.49. The molecule has 0 N–H and O–H groups in total. The third-order valence-corrected chi connectivity index (χ3v) is 4.03. The molecule has 0 amide bonds. The molecule has 0 aliphatic rings. The van der Waals surface area contributed by atoms with E-state index in [1.165, 1.54) is 0 Å². The van der Waals surface area contributed by atoms with Gasteiger partial charge in [0.25, 0.3) is 0 Å². The number of hydrogen-bond acceptors (Lipinski definition) is 3. The van der Waals surface area contributed by atoms with E-state index in [2.05, 4.69) is 0 Å². The monoisotopic (exact) mass is 268 g/mol. The van der Waals surface area contributed by atoms with Gasteiger partial charge in [-0.3, -0.25) is 0 Å². The predicted molar refractivity (Wildman–Crippen MR) is 71.6 cm³/mol. The van der Waals surface area contributed by atoms with Crippen molar-refractivity contribution in [3.05, 3.63) is 46.2 Å². The number of hydrogen-bond donors (Lipinski definition) is 0. The maximum absolute atomic E-state index is 6.49. The van der Waals surface area contributed by atoms with E-state index in [0.29, 0.717) is 0 Å². The van der Waals surface area contributed by atoms with Crippen molar-refractivity contribution >= 4 is 22.9 Å². The zero-order chi connectivity index (χ0) is 12.3. The molecule has 4 heteroatoms. The Morgan fingerprint density at radius 3 is 2.18 bits per heavy atom. The van der Waals surface area contributed by atoms with E-state index in [-0.39, 0.29) is 5.38 Å². The van der Waals surface area contributed by atoms with Gasteiger partial charge in [0, 0.05) is 4.88 Å². The second-order valence-electron chi connectivity index (χ2n) is 3.45. The molecule has 2 aromatic rings. The molecule has 90 valence electrons. The first-order chi connectivity index (χ1) is 8.27. The van der Waals surface area contributed by atoms with Crippen molar-refractivity contribution in [2.75, 3.05) is 14.2 Å². The number of rotatable bonds is 4. The van der Waals surface area contributed by atoms with Crippen molar-refractivity contribution in [1.29, 1.82) is 0 Å². The van der Waals surface area contributed by atoms with Crippen LogP contribution in [0.2, 0.25) is 0 Å². The Balaban J connectivity index is 2.49. The highest BCUT2D eigenvalue weighted by atomic mass is 35.5. The summed E-state index contributed by atoms with van der Waals surface area (Å²) in [5.41, 5.74) is 0.876. The average Bonchev–Trinajstić information content (AvgIpc) is 2.90. The molecule has 2 rings (SSSR count). The normalized spacial score (nSPS) is 12.2. The topological polar surface area (TPSA) is 18.5 Å². The van der Waals surface area contributed by atoms with E-state index in [0.717, 1.165) is 21.9 Å². The van der Waals surface area contributed by atoms with Crippen molar-refractivity contribution in [1.82, 2.24) is 0 Å². The van der Waals surface area contributed by atoms with Crippen molar-refractivity contribution in [3.63, 3.8) is 0 Å². The Hall–Kier alpha value is -1.19. The minimum absolute atomic E-state index is 0.249. The molecule has 0 aliphatic heterocycles. The fourth-order valence-electron chi connectivity index (χ4n) is 1.71. The average molecular weight is 269 g/mol. The van der Waals surface area contributed by atoms with Gasteiger partial charge in [-0.25, -0.2) is 0 Å². The molecule has 1 aromatic carbocycles. The van der Waals surface area contributed by atoms with Crippen molar-refractivity contribution in [2.45, 2.75) is 5.38 Å².